The fourth-order valence-corrected chi connectivity index (χ4v) is 3.12. The molecule has 1 amide bonds. The number of carbonyl (C=O) groups excluding carboxylic acids is 1. The quantitative estimate of drug-likeness (QED) is 0.589. The molecule has 0 saturated carbocycles. The zero-order valence-corrected chi connectivity index (χ0v) is 15.3. The summed E-state index contributed by atoms with van der Waals surface area (Å²) in [6, 6.07) is 13.1. The van der Waals surface area contributed by atoms with Gasteiger partial charge in [0.1, 0.15) is 12.1 Å². The molecule has 0 radical (unpaired) electrons. The molecule has 0 saturated heterocycles. The predicted molar refractivity (Wildman–Crippen MR) is 98.8 cm³/mol. The van der Waals surface area contributed by atoms with Crippen LogP contribution in [-0.4, -0.2) is 33.0 Å². The Morgan fingerprint density at radius 1 is 1.26 bits per heavy atom. The van der Waals surface area contributed by atoms with Crippen LogP contribution in [0.4, 0.5) is 14.5 Å². The lowest BCUT2D eigenvalue weighted by molar-refractivity contribution is -0.113. The summed E-state index contributed by atoms with van der Waals surface area (Å²) in [7, 11) is 0. The maximum atomic E-state index is 12.4. The summed E-state index contributed by atoms with van der Waals surface area (Å²) >= 11 is 7.14. The first kappa shape index (κ1) is 19.1. The molecule has 0 spiro atoms. The highest BCUT2D eigenvalue weighted by Gasteiger charge is 2.14. The number of rotatable bonds is 7. The van der Waals surface area contributed by atoms with E-state index >= 15 is 0 Å². The number of hydrogen-bond donors (Lipinski definition) is 1. The number of nitrogens with one attached hydrogen (secondary N) is 1. The third-order valence-electron chi connectivity index (χ3n) is 3.31. The fourth-order valence-electron chi connectivity index (χ4n) is 2.21. The largest absolute Gasteiger partial charge is 0.433 e. The topological polar surface area (TPSA) is 69.0 Å². The Hall–Kier alpha value is -2.65. The van der Waals surface area contributed by atoms with Crippen molar-refractivity contribution in [2.24, 2.45) is 0 Å². The lowest BCUT2D eigenvalue weighted by Crippen LogP contribution is -2.16. The normalized spacial score (nSPS) is 10.8. The van der Waals surface area contributed by atoms with E-state index in [0.717, 1.165) is 17.4 Å². The van der Waals surface area contributed by atoms with E-state index in [9.17, 15) is 13.6 Å². The van der Waals surface area contributed by atoms with Gasteiger partial charge in [-0.15, -0.1) is 10.2 Å². The highest BCUT2D eigenvalue weighted by molar-refractivity contribution is 7.99. The Morgan fingerprint density at radius 2 is 2.07 bits per heavy atom. The van der Waals surface area contributed by atoms with E-state index in [1.165, 1.54) is 24.5 Å². The van der Waals surface area contributed by atoms with E-state index in [-0.39, 0.29) is 17.2 Å². The van der Waals surface area contributed by atoms with E-state index in [1.54, 1.807) is 28.8 Å². The zero-order valence-electron chi connectivity index (χ0n) is 13.7. The number of aromatic nitrogens is 3. The molecule has 0 aliphatic heterocycles. The van der Waals surface area contributed by atoms with Gasteiger partial charge in [0.25, 0.3) is 0 Å². The first-order valence-electron chi connectivity index (χ1n) is 7.65. The molecule has 0 fully saturated rings. The average molecular weight is 411 g/mol. The number of ether oxygens (including phenoxy) is 1. The van der Waals surface area contributed by atoms with Gasteiger partial charge in [-0.05, 0) is 30.3 Å². The van der Waals surface area contributed by atoms with Crippen molar-refractivity contribution in [3.05, 3.63) is 59.9 Å². The minimum atomic E-state index is -2.98. The molecule has 0 bridgehead atoms. The maximum absolute atomic E-state index is 12.4. The van der Waals surface area contributed by atoms with Crippen molar-refractivity contribution in [2.75, 3.05) is 11.1 Å². The summed E-state index contributed by atoms with van der Waals surface area (Å²) in [5.74, 6) is -0.499. The molecule has 6 nitrogen and oxygen atoms in total. The fraction of sp³-hybridized carbons (Fsp3) is 0.118. The standard InChI is InChI=1S/C17H13ClF2N4O2S/c18-11-4-3-5-12(8-11)24-10-21-23-17(24)27-9-15(25)22-13-6-1-2-7-14(13)26-16(19)20/h1-8,10,16H,9H2,(H,22,25). The van der Waals surface area contributed by atoms with E-state index < -0.39 is 12.5 Å². The average Bonchev–Trinajstić information content (AvgIpc) is 3.10. The van der Waals surface area contributed by atoms with Gasteiger partial charge in [0.05, 0.1) is 17.1 Å². The van der Waals surface area contributed by atoms with Gasteiger partial charge in [-0.25, -0.2) is 0 Å². The molecule has 27 heavy (non-hydrogen) atoms. The van der Waals surface area contributed by atoms with Crippen LogP contribution >= 0.6 is 23.4 Å². The molecule has 3 rings (SSSR count). The van der Waals surface area contributed by atoms with Crippen molar-refractivity contribution >= 4 is 35.0 Å². The van der Waals surface area contributed by atoms with Gasteiger partial charge >= 0.3 is 6.61 Å². The van der Waals surface area contributed by atoms with Gasteiger partial charge in [0.2, 0.25) is 5.91 Å². The van der Waals surface area contributed by atoms with Crippen LogP contribution < -0.4 is 10.1 Å². The minimum Gasteiger partial charge on any atom is -0.433 e. The van der Waals surface area contributed by atoms with Gasteiger partial charge in [-0.3, -0.25) is 9.36 Å². The van der Waals surface area contributed by atoms with Crippen LogP contribution in [0.1, 0.15) is 0 Å². The minimum absolute atomic E-state index is 0.00225. The van der Waals surface area contributed by atoms with Gasteiger partial charge < -0.3 is 10.1 Å². The van der Waals surface area contributed by atoms with E-state index in [2.05, 4.69) is 20.3 Å². The smallest absolute Gasteiger partial charge is 0.387 e. The van der Waals surface area contributed by atoms with Crippen LogP contribution in [0, 0.1) is 0 Å². The van der Waals surface area contributed by atoms with E-state index in [0.29, 0.717) is 10.2 Å². The lowest BCUT2D eigenvalue weighted by atomic mass is 10.3. The van der Waals surface area contributed by atoms with Crippen LogP contribution in [-0.2, 0) is 4.79 Å². The van der Waals surface area contributed by atoms with Crippen LogP contribution in [0.25, 0.3) is 5.69 Å². The van der Waals surface area contributed by atoms with Gasteiger partial charge in [0, 0.05) is 5.02 Å². The number of nitrogens with zero attached hydrogens (tertiary/aromatic N) is 3. The Labute approximate surface area is 162 Å². The number of anilines is 1. The van der Waals surface area contributed by atoms with Crippen LogP contribution in [0.15, 0.2) is 60.0 Å². The molecule has 1 aromatic heterocycles. The van der Waals surface area contributed by atoms with Gasteiger partial charge in [-0.2, -0.15) is 8.78 Å². The highest BCUT2D eigenvalue weighted by Crippen LogP contribution is 2.26. The van der Waals surface area contributed by atoms with E-state index in [1.807, 2.05) is 6.07 Å². The second-order valence-electron chi connectivity index (χ2n) is 5.17. The second kappa shape index (κ2) is 8.83. The van der Waals surface area contributed by atoms with Crippen molar-refractivity contribution in [2.45, 2.75) is 11.8 Å². The summed E-state index contributed by atoms with van der Waals surface area (Å²) in [5.41, 5.74) is 0.922. The van der Waals surface area contributed by atoms with Crippen molar-refractivity contribution in [1.82, 2.24) is 14.8 Å². The van der Waals surface area contributed by atoms with Gasteiger partial charge in [-0.1, -0.05) is 41.6 Å². The molecule has 0 atom stereocenters. The molecule has 0 aliphatic rings. The van der Waals surface area contributed by atoms with Crippen LogP contribution in [0.2, 0.25) is 5.02 Å². The maximum Gasteiger partial charge on any atom is 0.387 e. The summed E-state index contributed by atoms with van der Waals surface area (Å²) < 4.78 is 31.0. The lowest BCUT2D eigenvalue weighted by Gasteiger charge is -2.11. The molecule has 0 aliphatic carbocycles. The first-order chi connectivity index (χ1) is 13.0. The molecule has 1 N–H and O–H groups in total. The molecular formula is C17H13ClF2N4O2S. The number of carbonyl (C=O) groups is 1. The Morgan fingerprint density at radius 3 is 2.85 bits per heavy atom. The SMILES string of the molecule is O=C(CSc1nncn1-c1cccc(Cl)c1)Nc1ccccc1OC(F)F. The Balaban J connectivity index is 1.65. The molecule has 140 valence electrons. The summed E-state index contributed by atoms with van der Waals surface area (Å²) in [6.07, 6.45) is 1.51. The number of thioether (sulfide) groups is 1. The molecule has 10 heteroatoms. The number of para-hydroxylation sites is 2. The van der Waals surface area contributed by atoms with Crippen molar-refractivity contribution in [3.63, 3.8) is 0 Å². The molecular weight excluding hydrogens is 398 g/mol. The zero-order chi connectivity index (χ0) is 19.2. The van der Waals surface area contributed by atoms with Crippen LogP contribution in [0.3, 0.4) is 0 Å². The van der Waals surface area contributed by atoms with Crippen molar-refractivity contribution in [3.8, 4) is 11.4 Å². The van der Waals surface area contributed by atoms with Crippen LogP contribution in [0.5, 0.6) is 5.75 Å². The number of amides is 1. The number of alkyl halides is 2. The summed E-state index contributed by atoms with van der Waals surface area (Å²) in [5, 5.41) is 11.4. The highest BCUT2D eigenvalue weighted by atomic mass is 35.5. The van der Waals surface area contributed by atoms with E-state index in [4.69, 9.17) is 11.6 Å². The monoisotopic (exact) mass is 410 g/mol. The second-order valence-corrected chi connectivity index (χ2v) is 6.55. The van der Waals surface area contributed by atoms with Crippen molar-refractivity contribution in [1.29, 1.82) is 0 Å². The number of halogens is 3. The third-order valence-corrected chi connectivity index (χ3v) is 4.49. The molecule has 0 unspecified atom stereocenters. The summed E-state index contributed by atoms with van der Waals surface area (Å²) in [4.78, 5) is 12.2. The van der Waals surface area contributed by atoms with Crippen molar-refractivity contribution < 1.29 is 18.3 Å². The van der Waals surface area contributed by atoms with Gasteiger partial charge in [0.15, 0.2) is 5.16 Å². The third kappa shape index (κ3) is 5.18. The Bertz CT molecular complexity index is 939. The molecule has 3 aromatic rings. The molecule has 2 aromatic carbocycles. The Kier molecular flexibility index (Phi) is 6.25. The first-order valence-corrected chi connectivity index (χ1v) is 9.02. The summed E-state index contributed by atoms with van der Waals surface area (Å²) in [6.45, 7) is -2.98. The number of hydrogen-bond acceptors (Lipinski definition) is 5. The molecule has 1 heterocycles. The predicted octanol–water partition coefficient (Wildman–Crippen LogP) is 4.25. The number of benzene rings is 2.